The van der Waals surface area contributed by atoms with Crippen LogP contribution in [0.25, 0.3) is 11.3 Å². The first-order valence-corrected chi connectivity index (χ1v) is 7.84. The van der Waals surface area contributed by atoms with Crippen LogP contribution in [0.15, 0.2) is 48.7 Å². The molecule has 0 saturated carbocycles. The molecule has 0 radical (unpaired) electrons. The van der Waals surface area contributed by atoms with Gasteiger partial charge in [0.15, 0.2) is 5.69 Å². The monoisotopic (exact) mass is 320 g/mol. The lowest BCUT2D eigenvalue weighted by Gasteiger charge is -2.06. The molecule has 1 N–H and O–H groups in total. The number of carbonyl (C=O) groups excluding carboxylic acids is 1. The summed E-state index contributed by atoms with van der Waals surface area (Å²) >= 11 is 0. The van der Waals surface area contributed by atoms with E-state index in [1.54, 1.807) is 10.9 Å². The zero-order valence-corrected chi connectivity index (χ0v) is 14.1. The van der Waals surface area contributed by atoms with Crippen molar-refractivity contribution in [3.8, 4) is 11.3 Å². The van der Waals surface area contributed by atoms with E-state index in [0.29, 0.717) is 12.2 Å². The number of pyridine rings is 1. The molecule has 24 heavy (non-hydrogen) atoms. The number of nitrogens with one attached hydrogen (secondary N) is 1. The zero-order valence-electron chi connectivity index (χ0n) is 14.1. The highest BCUT2D eigenvalue weighted by molar-refractivity contribution is 5.93. The average molecular weight is 320 g/mol. The van der Waals surface area contributed by atoms with E-state index in [4.69, 9.17) is 0 Å². The Labute approximate surface area is 141 Å². The molecule has 0 fully saturated rings. The molecule has 3 aromatic rings. The molecule has 0 saturated heterocycles. The van der Waals surface area contributed by atoms with Gasteiger partial charge in [0, 0.05) is 18.8 Å². The van der Waals surface area contributed by atoms with Crippen LogP contribution in [0, 0.1) is 13.8 Å². The van der Waals surface area contributed by atoms with Gasteiger partial charge in [-0.1, -0.05) is 23.8 Å². The highest BCUT2D eigenvalue weighted by Gasteiger charge is 2.15. The smallest absolute Gasteiger partial charge is 0.272 e. The van der Waals surface area contributed by atoms with E-state index in [-0.39, 0.29) is 5.91 Å². The van der Waals surface area contributed by atoms with Crippen molar-refractivity contribution in [1.29, 1.82) is 0 Å². The fourth-order valence-electron chi connectivity index (χ4n) is 2.61. The zero-order chi connectivity index (χ0) is 17.1. The minimum Gasteiger partial charge on any atom is -0.345 e. The number of rotatable bonds is 4. The Kier molecular flexibility index (Phi) is 4.42. The Hall–Kier alpha value is -2.95. The number of benzene rings is 1. The summed E-state index contributed by atoms with van der Waals surface area (Å²) in [6, 6.07) is 13.7. The SMILES string of the molecule is Cc1ccc(C)c(-c2cc(C(=O)NCc3ccccn3)nn2C)c1. The molecule has 0 spiro atoms. The summed E-state index contributed by atoms with van der Waals surface area (Å²) in [5.74, 6) is -0.201. The second-order valence-corrected chi connectivity index (χ2v) is 5.86. The van der Waals surface area contributed by atoms with Gasteiger partial charge < -0.3 is 5.32 Å². The maximum atomic E-state index is 12.4. The number of aromatic nitrogens is 3. The van der Waals surface area contributed by atoms with Gasteiger partial charge in [0.25, 0.3) is 5.91 Å². The van der Waals surface area contributed by atoms with Crippen molar-refractivity contribution < 1.29 is 4.79 Å². The van der Waals surface area contributed by atoms with Crippen LogP contribution in [0.2, 0.25) is 0 Å². The molecule has 0 bridgehead atoms. The van der Waals surface area contributed by atoms with Crippen LogP contribution in [0.4, 0.5) is 0 Å². The van der Waals surface area contributed by atoms with Crippen molar-refractivity contribution in [2.75, 3.05) is 0 Å². The Balaban J connectivity index is 1.81. The standard InChI is InChI=1S/C19H20N4O/c1-13-7-8-14(2)16(10-13)18-11-17(22-23(18)3)19(24)21-12-15-6-4-5-9-20-15/h4-11H,12H2,1-3H3,(H,21,24). The molecule has 0 aliphatic heterocycles. The highest BCUT2D eigenvalue weighted by Crippen LogP contribution is 2.25. The van der Waals surface area contributed by atoms with Crippen LogP contribution in [0.1, 0.15) is 27.3 Å². The molecule has 2 aromatic heterocycles. The second-order valence-electron chi connectivity index (χ2n) is 5.86. The average Bonchev–Trinajstić information content (AvgIpc) is 2.97. The summed E-state index contributed by atoms with van der Waals surface area (Å²) in [4.78, 5) is 16.5. The summed E-state index contributed by atoms with van der Waals surface area (Å²) < 4.78 is 1.75. The lowest BCUT2D eigenvalue weighted by molar-refractivity contribution is 0.0944. The first-order valence-electron chi connectivity index (χ1n) is 7.84. The number of aryl methyl sites for hydroxylation is 3. The summed E-state index contributed by atoms with van der Waals surface area (Å²) in [5.41, 5.74) is 5.58. The number of carbonyl (C=O) groups is 1. The van der Waals surface area contributed by atoms with Gasteiger partial charge in [-0.15, -0.1) is 0 Å². The topological polar surface area (TPSA) is 59.8 Å². The first kappa shape index (κ1) is 15.9. The van der Waals surface area contributed by atoms with E-state index < -0.39 is 0 Å². The fourth-order valence-corrected chi connectivity index (χ4v) is 2.61. The Bertz CT molecular complexity index is 868. The minimum atomic E-state index is -0.201. The van der Waals surface area contributed by atoms with Gasteiger partial charge in [-0.2, -0.15) is 5.10 Å². The quantitative estimate of drug-likeness (QED) is 0.804. The predicted octanol–water partition coefficient (Wildman–Crippen LogP) is 3.03. The van der Waals surface area contributed by atoms with E-state index >= 15 is 0 Å². The number of hydrogen-bond donors (Lipinski definition) is 1. The fraction of sp³-hybridized carbons (Fsp3) is 0.211. The largest absolute Gasteiger partial charge is 0.345 e. The van der Waals surface area contributed by atoms with Crippen molar-refractivity contribution in [3.05, 3.63) is 71.2 Å². The van der Waals surface area contributed by atoms with Gasteiger partial charge in [-0.05, 0) is 43.7 Å². The summed E-state index contributed by atoms with van der Waals surface area (Å²) in [6.45, 7) is 4.50. The third kappa shape index (κ3) is 3.35. The molecule has 0 unspecified atom stereocenters. The number of hydrogen-bond acceptors (Lipinski definition) is 3. The minimum absolute atomic E-state index is 0.201. The van der Waals surface area contributed by atoms with Gasteiger partial charge >= 0.3 is 0 Å². The molecule has 5 heteroatoms. The van der Waals surface area contributed by atoms with E-state index in [0.717, 1.165) is 22.5 Å². The Morgan fingerprint density at radius 2 is 2.00 bits per heavy atom. The summed E-state index contributed by atoms with van der Waals surface area (Å²) in [7, 11) is 1.85. The first-order chi connectivity index (χ1) is 11.5. The van der Waals surface area contributed by atoms with Crippen LogP contribution in [0.5, 0.6) is 0 Å². The molecular weight excluding hydrogens is 300 g/mol. The van der Waals surface area contributed by atoms with Crippen LogP contribution < -0.4 is 5.32 Å². The molecule has 5 nitrogen and oxygen atoms in total. The molecule has 2 heterocycles. The molecular formula is C19H20N4O. The van der Waals surface area contributed by atoms with Crippen molar-refractivity contribution >= 4 is 5.91 Å². The van der Waals surface area contributed by atoms with Crippen molar-refractivity contribution in [2.45, 2.75) is 20.4 Å². The Morgan fingerprint density at radius 3 is 2.75 bits per heavy atom. The maximum Gasteiger partial charge on any atom is 0.272 e. The molecule has 1 aromatic carbocycles. The molecule has 122 valence electrons. The van der Waals surface area contributed by atoms with Crippen LogP contribution in [-0.2, 0) is 13.6 Å². The van der Waals surface area contributed by atoms with E-state index in [2.05, 4.69) is 47.4 Å². The predicted molar refractivity (Wildman–Crippen MR) is 93.5 cm³/mol. The summed E-state index contributed by atoms with van der Waals surface area (Å²) in [5, 5.41) is 7.21. The van der Waals surface area contributed by atoms with E-state index in [9.17, 15) is 4.79 Å². The van der Waals surface area contributed by atoms with Crippen LogP contribution in [-0.4, -0.2) is 20.7 Å². The number of amides is 1. The van der Waals surface area contributed by atoms with Gasteiger partial charge in [0.2, 0.25) is 0 Å². The van der Waals surface area contributed by atoms with Crippen molar-refractivity contribution in [3.63, 3.8) is 0 Å². The third-order valence-corrected chi connectivity index (χ3v) is 3.94. The lowest BCUT2D eigenvalue weighted by atomic mass is 10.0. The molecule has 0 aliphatic carbocycles. The summed E-state index contributed by atoms with van der Waals surface area (Å²) in [6.07, 6.45) is 1.71. The van der Waals surface area contributed by atoms with Gasteiger partial charge in [0.05, 0.1) is 17.9 Å². The van der Waals surface area contributed by atoms with E-state index in [1.165, 1.54) is 5.56 Å². The van der Waals surface area contributed by atoms with Gasteiger partial charge in [-0.25, -0.2) is 0 Å². The molecule has 1 amide bonds. The number of nitrogens with zero attached hydrogens (tertiary/aromatic N) is 3. The lowest BCUT2D eigenvalue weighted by Crippen LogP contribution is -2.23. The highest BCUT2D eigenvalue weighted by atomic mass is 16.1. The van der Waals surface area contributed by atoms with Gasteiger partial charge in [-0.3, -0.25) is 14.5 Å². The molecule has 0 atom stereocenters. The van der Waals surface area contributed by atoms with Crippen LogP contribution in [0.3, 0.4) is 0 Å². The van der Waals surface area contributed by atoms with Crippen molar-refractivity contribution in [2.24, 2.45) is 7.05 Å². The third-order valence-electron chi connectivity index (χ3n) is 3.94. The Morgan fingerprint density at radius 1 is 1.17 bits per heavy atom. The van der Waals surface area contributed by atoms with E-state index in [1.807, 2.05) is 31.3 Å². The second kappa shape index (κ2) is 6.66. The molecule has 3 rings (SSSR count). The van der Waals surface area contributed by atoms with Crippen molar-refractivity contribution in [1.82, 2.24) is 20.1 Å². The molecule has 0 aliphatic rings. The normalized spacial score (nSPS) is 10.6. The van der Waals surface area contributed by atoms with Crippen LogP contribution >= 0.6 is 0 Å². The van der Waals surface area contributed by atoms with Gasteiger partial charge in [0.1, 0.15) is 0 Å². The maximum absolute atomic E-state index is 12.4.